The Bertz CT molecular complexity index is 1730. The normalized spacial score (nSPS) is 17.4. The lowest BCUT2D eigenvalue weighted by atomic mass is 10.1. The third-order valence-corrected chi connectivity index (χ3v) is 10.5. The number of piperazine rings is 1. The summed E-state index contributed by atoms with van der Waals surface area (Å²) < 4.78 is 42.3. The molecule has 0 radical (unpaired) electrons. The van der Waals surface area contributed by atoms with Gasteiger partial charge in [0.05, 0.1) is 30.1 Å². The maximum atomic E-state index is 13.7. The van der Waals surface area contributed by atoms with Gasteiger partial charge in [0.1, 0.15) is 21.8 Å². The van der Waals surface area contributed by atoms with Crippen molar-refractivity contribution in [2.75, 3.05) is 52.4 Å². The standard InChI is InChI=1S/C32H48N8O6S/c1-7-10-19-45-30-24(20-23(21-33-30)47(43,44)39-17-15-37(9-3)16-18-39)28-34-26-25(8-2)40(36-27(26)29(41)35-28)22-11-13-38(14-12-22)31(42)46-32(4,5)6/h20-22H,7-19H2,1-6H3,(H,34,35,41). The van der Waals surface area contributed by atoms with Crippen LogP contribution in [0.3, 0.4) is 0 Å². The number of nitrogens with zero attached hydrogens (tertiary/aromatic N) is 7. The van der Waals surface area contributed by atoms with E-state index in [4.69, 9.17) is 19.6 Å². The molecule has 5 rings (SSSR count). The van der Waals surface area contributed by atoms with E-state index in [-0.39, 0.29) is 34.3 Å². The summed E-state index contributed by atoms with van der Waals surface area (Å²) in [5.74, 6) is 0.374. The minimum atomic E-state index is -3.85. The molecule has 2 saturated heterocycles. The molecule has 0 aliphatic carbocycles. The first-order valence-electron chi connectivity index (χ1n) is 16.7. The number of sulfonamides is 1. The first kappa shape index (κ1) is 34.8. The smallest absolute Gasteiger partial charge is 0.410 e. The molecule has 2 aliphatic rings. The Kier molecular flexibility index (Phi) is 10.6. The van der Waals surface area contributed by atoms with E-state index in [0.717, 1.165) is 25.1 Å². The van der Waals surface area contributed by atoms with Crippen molar-refractivity contribution in [1.29, 1.82) is 0 Å². The second kappa shape index (κ2) is 14.3. The van der Waals surface area contributed by atoms with Crippen molar-refractivity contribution in [1.82, 2.24) is 38.8 Å². The fraction of sp³-hybridized carbons (Fsp3) is 0.656. The lowest BCUT2D eigenvalue weighted by Gasteiger charge is -2.34. The topological polar surface area (TPSA) is 156 Å². The van der Waals surface area contributed by atoms with Crippen molar-refractivity contribution < 1.29 is 22.7 Å². The van der Waals surface area contributed by atoms with Gasteiger partial charge < -0.3 is 24.3 Å². The summed E-state index contributed by atoms with van der Waals surface area (Å²) in [7, 11) is -3.85. The lowest BCUT2D eigenvalue weighted by Crippen LogP contribution is -2.48. The van der Waals surface area contributed by atoms with E-state index in [1.807, 2.05) is 39.3 Å². The number of hydrogen-bond acceptors (Lipinski definition) is 10. The van der Waals surface area contributed by atoms with Crippen molar-refractivity contribution in [3.05, 3.63) is 28.3 Å². The number of carbonyl (C=O) groups is 1. The number of fused-ring (bicyclic) bond motifs is 1. The maximum absolute atomic E-state index is 13.7. The third-order valence-electron chi connectivity index (χ3n) is 8.68. The predicted molar refractivity (Wildman–Crippen MR) is 178 cm³/mol. The number of ether oxygens (including phenoxy) is 2. The monoisotopic (exact) mass is 672 g/mol. The number of likely N-dealkylation sites (tertiary alicyclic amines) is 1. The molecule has 0 atom stereocenters. The highest BCUT2D eigenvalue weighted by Gasteiger charge is 2.32. The summed E-state index contributed by atoms with van der Waals surface area (Å²) >= 11 is 0. The van der Waals surface area contributed by atoms with E-state index in [9.17, 15) is 18.0 Å². The van der Waals surface area contributed by atoms with Gasteiger partial charge in [-0.2, -0.15) is 9.40 Å². The molecule has 15 heteroatoms. The van der Waals surface area contributed by atoms with E-state index in [2.05, 4.69) is 21.8 Å². The molecule has 5 heterocycles. The fourth-order valence-electron chi connectivity index (χ4n) is 6.02. The zero-order valence-corrected chi connectivity index (χ0v) is 29.2. The van der Waals surface area contributed by atoms with E-state index >= 15 is 0 Å². The molecule has 3 aromatic rings. The molecule has 258 valence electrons. The minimum Gasteiger partial charge on any atom is -0.477 e. The number of H-pyrrole nitrogens is 1. The first-order chi connectivity index (χ1) is 22.4. The number of hydrogen-bond donors (Lipinski definition) is 1. The Morgan fingerprint density at radius 3 is 2.36 bits per heavy atom. The van der Waals surface area contributed by atoms with Gasteiger partial charge in [-0.05, 0) is 59.1 Å². The first-order valence-corrected chi connectivity index (χ1v) is 18.1. The zero-order chi connectivity index (χ0) is 33.9. The average molecular weight is 673 g/mol. The molecular weight excluding hydrogens is 624 g/mol. The molecule has 1 amide bonds. The Balaban J connectivity index is 1.49. The van der Waals surface area contributed by atoms with Crippen molar-refractivity contribution in [2.24, 2.45) is 0 Å². The molecule has 0 unspecified atom stereocenters. The number of carbonyl (C=O) groups excluding carboxylic acids is 1. The Hall–Kier alpha value is -3.56. The minimum absolute atomic E-state index is 0.0196. The summed E-state index contributed by atoms with van der Waals surface area (Å²) in [5.41, 5.74) is 0.741. The molecule has 3 aromatic heterocycles. The number of aromatic nitrogens is 5. The van der Waals surface area contributed by atoms with Crippen LogP contribution in [0.5, 0.6) is 5.88 Å². The number of piperidine rings is 1. The SMILES string of the molecule is CCCCOc1ncc(S(=O)(=O)N2CCN(CC)CC2)cc1-c1nc2c(CC)n(C3CCN(C(=O)OC(C)(C)C)CC3)nc2c(=O)[nH]1. The summed E-state index contributed by atoms with van der Waals surface area (Å²) in [4.78, 5) is 42.2. The van der Waals surface area contributed by atoms with Gasteiger partial charge >= 0.3 is 6.09 Å². The zero-order valence-electron chi connectivity index (χ0n) is 28.4. The molecular formula is C32H48N8O6S. The van der Waals surface area contributed by atoms with Crippen LogP contribution in [0.1, 0.15) is 79.0 Å². The fourth-order valence-corrected chi connectivity index (χ4v) is 7.42. The van der Waals surface area contributed by atoms with Crippen LogP contribution in [-0.4, -0.2) is 111 Å². The van der Waals surface area contributed by atoms with Gasteiger partial charge in [-0.1, -0.05) is 27.2 Å². The second-order valence-corrected chi connectivity index (χ2v) is 15.1. The number of likely N-dealkylation sites (N-methyl/N-ethyl adjacent to an activating group) is 1. The van der Waals surface area contributed by atoms with E-state index in [1.165, 1.54) is 16.6 Å². The molecule has 2 fully saturated rings. The number of amides is 1. The van der Waals surface area contributed by atoms with Crippen molar-refractivity contribution in [3.63, 3.8) is 0 Å². The lowest BCUT2D eigenvalue weighted by molar-refractivity contribution is 0.0184. The number of aryl methyl sites for hydroxylation is 1. The van der Waals surface area contributed by atoms with Crippen LogP contribution in [0.25, 0.3) is 22.4 Å². The molecule has 0 bridgehead atoms. The van der Waals surface area contributed by atoms with Gasteiger partial charge in [0.2, 0.25) is 15.9 Å². The quantitative estimate of drug-likeness (QED) is 0.314. The van der Waals surface area contributed by atoms with Crippen LogP contribution in [-0.2, 0) is 21.2 Å². The molecule has 47 heavy (non-hydrogen) atoms. The highest BCUT2D eigenvalue weighted by atomic mass is 32.2. The summed E-state index contributed by atoms with van der Waals surface area (Å²) in [6, 6.07) is 1.47. The highest BCUT2D eigenvalue weighted by molar-refractivity contribution is 7.89. The summed E-state index contributed by atoms with van der Waals surface area (Å²) in [6.45, 7) is 16.0. The van der Waals surface area contributed by atoms with Crippen molar-refractivity contribution in [2.45, 2.75) is 90.2 Å². The Morgan fingerprint density at radius 1 is 1.04 bits per heavy atom. The Morgan fingerprint density at radius 2 is 1.74 bits per heavy atom. The molecule has 2 aliphatic heterocycles. The van der Waals surface area contributed by atoms with Crippen LogP contribution in [0.2, 0.25) is 0 Å². The number of rotatable bonds is 10. The van der Waals surface area contributed by atoms with Gasteiger partial charge in [-0.3, -0.25) is 9.48 Å². The van der Waals surface area contributed by atoms with Gasteiger partial charge in [-0.25, -0.2) is 23.2 Å². The van der Waals surface area contributed by atoms with E-state index < -0.39 is 21.2 Å². The molecule has 1 N–H and O–H groups in total. The number of nitrogens with one attached hydrogen (secondary N) is 1. The number of aromatic amines is 1. The Labute approximate surface area is 276 Å². The van der Waals surface area contributed by atoms with Crippen molar-refractivity contribution in [3.8, 4) is 17.3 Å². The number of unbranched alkanes of at least 4 members (excludes halogenated alkanes) is 1. The summed E-state index contributed by atoms with van der Waals surface area (Å²) in [6.07, 6.45) is 4.54. The largest absolute Gasteiger partial charge is 0.477 e. The molecule has 0 saturated carbocycles. The van der Waals surface area contributed by atoms with Gasteiger partial charge in [0, 0.05) is 39.3 Å². The van der Waals surface area contributed by atoms with E-state index in [1.54, 1.807) is 4.90 Å². The van der Waals surface area contributed by atoms with Crippen LogP contribution in [0, 0.1) is 0 Å². The maximum Gasteiger partial charge on any atom is 0.410 e. The summed E-state index contributed by atoms with van der Waals surface area (Å²) in [5, 5.41) is 4.71. The highest BCUT2D eigenvalue weighted by Crippen LogP contribution is 2.32. The van der Waals surface area contributed by atoms with Gasteiger partial charge in [0.15, 0.2) is 5.52 Å². The molecule has 0 aromatic carbocycles. The van der Waals surface area contributed by atoms with Crippen LogP contribution in [0.15, 0.2) is 22.0 Å². The van der Waals surface area contributed by atoms with Crippen LogP contribution < -0.4 is 10.3 Å². The predicted octanol–water partition coefficient (Wildman–Crippen LogP) is 3.82. The van der Waals surface area contributed by atoms with Crippen LogP contribution >= 0.6 is 0 Å². The van der Waals surface area contributed by atoms with Gasteiger partial charge in [0.25, 0.3) is 5.56 Å². The second-order valence-electron chi connectivity index (χ2n) is 13.1. The number of pyridine rings is 1. The molecule has 14 nitrogen and oxygen atoms in total. The van der Waals surface area contributed by atoms with Crippen molar-refractivity contribution >= 4 is 27.1 Å². The molecule has 0 spiro atoms. The third kappa shape index (κ3) is 7.62. The van der Waals surface area contributed by atoms with E-state index in [0.29, 0.717) is 76.2 Å². The van der Waals surface area contributed by atoms with Crippen LogP contribution in [0.4, 0.5) is 4.79 Å². The average Bonchev–Trinajstić information content (AvgIpc) is 3.43. The van der Waals surface area contributed by atoms with Gasteiger partial charge in [-0.15, -0.1) is 0 Å².